The third-order valence-corrected chi connectivity index (χ3v) is 4.69. The molecule has 0 amide bonds. The number of aliphatic imine (C=N–C) groups is 1. The quantitative estimate of drug-likeness (QED) is 0.560. The molecule has 1 heterocycles. The van der Waals surface area contributed by atoms with Crippen molar-refractivity contribution in [3.8, 4) is 0 Å². The molecule has 5 nitrogen and oxygen atoms in total. The maximum absolute atomic E-state index is 9.95. The van der Waals surface area contributed by atoms with Gasteiger partial charge in [0.25, 0.3) is 0 Å². The van der Waals surface area contributed by atoms with Crippen LogP contribution in [0.5, 0.6) is 0 Å². The third kappa shape index (κ3) is 1.95. The first-order valence-electron chi connectivity index (χ1n) is 5.43. The van der Waals surface area contributed by atoms with Gasteiger partial charge in [-0.3, -0.25) is 4.99 Å². The Hall–Kier alpha value is -0.300. The molecule has 1 saturated carbocycles. The Balaban J connectivity index is 2.14. The number of hydrogen-bond donors (Lipinski definition) is 3. The van der Waals surface area contributed by atoms with Crippen LogP contribution in [0.2, 0.25) is 0 Å². The van der Waals surface area contributed by atoms with Gasteiger partial charge in [0, 0.05) is 31.9 Å². The fourth-order valence-corrected chi connectivity index (χ4v) is 3.62. The number of amidine groups is 1. The highest BCUT2D eigenvalue weighted by Gasteiger charge is 2.46. The van der Waals surface area contributed by atoms with Crippen molar-refractivity contribution in [1.82, 2.24) is 4.90 Å². The monoisotopic (exact) mass is 246 g/mol. The Morgan fingerprint density at radius 3 is 2.62 bits per heavy atom. The standard InChI is InChI=1S/C10H18N2O3S/c1-12(2)10-11-7-6(16-10)3-5(4-13)8(14)9(7)15/h5-9,13-15H,3-4H2,1-2H3. The number of nitrogens with zero attached hydrogens (tertiary/aromatic N) is 2. The second-order valence-electron chi connectivity index (χ2n) is 4.61. The van der Waals surface area contributed by atoms with Gasteiger partial charge in [-0.2, -0.15) is 0 Å². The number of fused-ring (bicyclic) bond motifs is 1. The summed E-state index contributed by atoms with van der Waals surface area (Å²) in [7, 11) is 3.82. The van der Waals surface area contributed by atoms with Crippen LogP contribution in [-0.4, -0.2) is 69.6 Å². The maximum atomic E-state index is 9.95. The van der Waals surface area contributed by atoms with Crippen molar-refractivity contribution < 1.29 is 15.3 Å². The second kappa shape index (κ2) is 4.52. The largest absolute Gasteiger partial charge is 0.396 e. The molecule has 0 radical (unpaired) electrons. The molecule has 1 aliphatic carbocycles. The highest BCUT2D eigenvalue weighted by Crippen LogP contribution is 2.40. The number of aliphatic hydroxyl groups excluding tert-OH is 3. The molecule has 2 rings (SSSR count). The molecule has 1 fully saturated rings. The van der Waals surface area contributed by atoms with Gasteiger partial charge in [0.2, 0.25) is 0 Å². The number of hydrogen-bond acceptors (Lipinski definition) is 6. The highest BCUT2D eigenvalue weighted by molar-refractivity contribution is 8.14. The summed E-state index contributed by atoms with van der Waals surface area (Å²) in [6.07, 6.45) is -1.02. The van der Waals surface area contributed by atoms with E-state index < -0.39 is 12.2 Å². The molecule has 92 valence electrons. The minimum Gasteiger partial charge on any atom is -0.396 e. The molecular formula is C10H18N2O3S. The van der Waals surface area contributed by atoms with Gasteiger partial charge in [-0.25, -0.2) is 0 Å². The highest BCUT2D eigenvalue weighted by atomic mass is 32.2. The average Bonchev–Trinajstić information content (AvgIpc) is 2.67. The van der Waals surface area contributed by atoms with E-state index in [1.54, 1.807) is 11.8 Å². The summed E-state index contributed by atoms with van der Waals surface area (Å²) in [6, 6.07) is -0.236. The molecule has 0 saturated heterocycles. The minimum absolute atomic E-state index is 0.0840. The molecule has 6 heteroatoms. The molecule has 5 atom stereocenters. The predicted molar refractivity (Wildman–Crippen MR) is 63.5 cm³/mol. The van der Waals surface area contributed by atoms with Gasteiger partial charge in [0.05, 0.1) is 12.1 Å². The van der Waals surface area contributed by atoms with Crippen LogP contribution in [0.3, 0.4) is 0 Å². The van der Waals surface area contributed by atoms with Gasteiger partial charge in [-0.15, -0.1) is 0 Å². The second-order valence-corrected chi connectivity index (χ2v) is 5.82. The Morgan fingerprint density at radius 2 is 2.06 bits per heavy atom. The Bertz CT molecular complexity index is 298. The van der Waals surface area contributed by atoms with Gasteiger partial charge < -0.3 is 20.2 Å². The molecule has 0 aromatic rings. The Labute approximate surface area is 99.2 Å². The van der Waals surface area contributed by atoms with Crippen LogP contribution in [-0.2, 0) is 0 Å². The summed E-state index contributed by atoms with van der Waals surface area (Å²) >= 11 is 1.62. The lowest BCUT2D eigenvalue weighted by atomic mass is 9.81. The third-order valence-electron chi connectivity index (χ3n) is 3.23. The van der Waals surface area contributed by atoms with E-state index in [1.807, 2.05) is 19.0 Å². The van der Waals surface area contributed by atoms with E-state index in [0.29, 0.717) is 6.42 Å². The van der Waals surface area contributed by atoms with Crippen molar-refractivity contribution in [1.29, 1.82) is 0 Å². The van der Waals surface area contributed by atoms with Crippen molar-refractivity contribution in [2.45, 2.75) is 29.9 Å². The zero-order chi connectivity index (χ0) is 11.9. The summed E-state index contributed by atoms with van der Waals surface area (Å²) in [5.41, 5.74) is 0. The average molecular weight is 246 g/mol. The molecule has 0 aromatic heterocycles. The summed E-state index contributed by atoms with van der Waals surface area (Å²) in [6.45, 7) is -0.0840. The van der Waals surface area contributed by atoms with E-state index in [9.17, 15) is 10.2 Å². The molecule has 0 spiro atoms. The first-order chi connectivity index (χ1) is 7.54. The van der Waals surface area contributed by atoms with Crippen LogP contribution in [0.25, 0.3) is 0 Å². The SMILES string of the molecule is CN(C)C1=NC2C(CC(CO)C(O)C2O)S1. The smallest absolute Gasteiger partial charge is 0.159 e. The number of thioether (sulfide) groups is 1. The van der Waals surface area contributed by atoms with E-state index in [-0.39, 0.29) is 23.8 Å². The lowest BCUT2D eigenvalue weighted by Crippen LogP contribution is -2.51. The van der Waals surface area contributed by atoms with E-state index in [1.165, 1.54) is 0 Å². The van der Waals surface area contributed by atoms with Crippen LogP contribution in [0, 0.1) is 5.92 Å². The first kappa shape index (κ1) is 12.2. The van der Waals surface area contributed by atoms with Gasteiger partial charge in [-0.05, 0) is 6.42 Å². The molecule has 0 aromatic carbocycles. The molecule has 1 aliphatic heterocycles. The topological polar surface area (TPSA) is 76.3 Å². The van der Waals surface area contributed by atoms with Crippen LogP contribution in [0.15, 0.2) is 4.99 Å². The lowest BCUT2D eigenvalue weighted by molar-refractivity contribution is -0.0646. The number of aliphatic hydroxyl groups is 3. The van der Waals surface area contributed by atoms with E-state index in [4.69, 9.17) is 5.11 Å². The van der Waals surface area contributed by atoms with Crippen LogP contribution >= 0.6 is 11.8 Å². The van der Waals surface area contributed by atoms with Gasteiger partial charge >= 0.3 is 0 Å². The van der Waals surface area contributed by atoms with Gasteiger partial charge in [0.15, 0.2) is 5.17 Å². The van der Waals surface area contributed by atoms with Crippen molar-refractivity contribution in [3.63, 3.8) is 0 Å². The normalized spacial score (nSPS) is 42.8. The Kier molecular flexibility index (Phi) is 3.44. The molecule has 3 N–H and O–H groups in total. The van der Waals surface area contributed by atoms with Crippen LogP contribution < -0.4 is 0 Å². The first-order valence-corrected chi connectivity index (χ1v) is 6.31. The summed E-state index contributed by atoms with van der Waals surface area (Å²) in [4.78, 5) is 6.34. The van der Waals surface area contributed by atoms with E-state index in [2.05, 4.69) is 4.99 Å². The zero-order valence-corrected chi connectivity index (χ0v) is 10.3. The van der Waals surface area contributed by atoms with E-state index in [0.717, 1.165) is 5.17 Å². The molecular weight excluding hydrogens is 228 g/mol. The molecule has 0 bridgehead atoms. The minimum atomic E-state index is -0.864. The summed E-state index contributed by atoms with van der Waals surface area (Å²) in [5, 5.41) is 30.0. The zero-order valence-electron chi connectivity index (χ0n) is 9.45. The number of rotatable bonds is 1. The predicted octanol–water partition coefficient (Wildman–Crippen LogP) is -0.878. The fourth-order valence-electron chi connectivity index (χ4n) is 2.25. The van der Waals surface area contributed by atoms with Gasteiger partial charge in [0.1, 0.15) is 6.10 Å². The van der Waals surface area contributed by atoms with Crippen LogP contribution in [0.4, 0.5) is 0 Å². The Morgan fingerprint density at radius 1 is 1.38 bits per heavy atom. The molecule has 5 unspecified atom stereocenters. The lowest BCUT2D eigenvalue weighted by Gasteiger charge is -2.37. The van der Waals surface area contributed by atoms with E-state index >= 15 is 0 Å². The van der Waals surface area contributed by atoms with Gasteiger partial charge in [-0.1, -0.05) is 11.8 Å². The molecule has 16 heavy (non-hydrogen) atoms. The summed E-state index contributed by atoms with van der Waals surface area (Å²) < 4.78 is 0. The molecule has 2 aliphatic rings. The van der Waals surface area contributed by atoms with Crippen LogP contribution in [0.1, 0.15) is 6.42 Å². The van der Waals surface area contributed by atoms with Crippen molar-refractivity contribution in [2.75, 3.05) is 20.7 Å². The fraction of sp³-hybridized carbons (Fsp3) is 0.900. The van der Waals surface area contributed by atoms with Crippen molar-refractivity contribution in [2.24, 2.45) is 10.9 Å². The van der Waals surface area contributed by atoms with Crippen molar-refractivity contribution >= 4 is 16.9 Å². The maximum Gasteiger partial charge on any atom is 0.159 e. The summed E-state index contributed by atoms with van der Waals surface area (Å²) in [5.74, 6) is -0.236. The van der Waals surface area contributed by atoms with Crippen molar-refractivity contribution in [3.05, 3.63) is 0 Å².